The van der Waals surface area contributed by atoms with E-state index in [9.17, 15) is 0 Å². The van der Waals surface area contributed by atoms with Crippen LogP contribution in [0.5, 0.6) is 0 Å². The summed E-state index contributed by atoms with van der Waals surface area (Å²) in [5, 5.41) is 4.67. The molecule has 0 amide bonds. The second-order valence-corrected chi connectivity index (χ2v) is 6.02. The summed E-state index contributed by atoms with van der Waals surface area (Å²) in [6.45, 7) is 3.33. The summed E-state index contributed by atoms with van der Waals surface area (Å²) in [7, 11) is 2.02. The van der Waals surface area contributed by atoms with Crippen molar-refractivity contribution in [3.8, 4) is 0 Å². The second-order valence-electron chi connectivity index (χ2n) is 6.02. The Morgan fingerprint density at radius 3 is 2.68 bits per heavy atom. The van der Waals surface area contributed by atoms with Gasteiger partial charge in [0, 0.05) is 18.8 Å². The highest BCUT2D eigenvalue weighted by atomic mass is 15.0. The topological polar surface area (TPSA) is 17.0 Å². The maximum atomic E-state index is 3.29. The van der Waals surface area contributed by atoms with Gasteiger partial charge in [-0.1, -0.05) is 25.1 Å². The van der Waals surface area contributed by atoms with Gasteiger partial charge >= 0.3 is 0 Å². The Bertz CT molecular complexity index is 547. The van der Waals surface area contributed by atoms with Gasteiger partial charge in [-0.2, -0.15) is 0 Å². The molecule has 0 bridgehead atoms. The molecule has 1 heterocycles. The number of benzene rings is 1. The Labute approximate surface area is 115 Å². The van der Waals surface area contributed by atoms with Crippen molar-refractivity contribution in [3.63, 3.8) is 0 Å². The molecule has 0 saturated heterocycles. The molecule has 2 heteroatoms. The lowest BCUT2D eigenvalue weighted by molar-refractivity contribution is 0.294. The molecule has 1 saturated carbocycles. The van der Waals surface area contributed by atoms with Crippen molar-refractivity contribution < 1.29 is 0 Å². The molecule has 0 atom stereocenters. The highest BCUT2D eigenvalue weighted by molar-refractivity contribution is 5.83. The first-order valence-electron chi connectivity index (χ1n) is 7.52. The lowest BCUT2D eigenvalue weighted by Crippen LogP contribution is -2.17. The van der Waals surface area contributed by atoms with Crippen LogP contribution in [0.4, 0.5) is 0 Å². The Balaban J connectivity index is 1.99. The lowest BCUT2D eigenvalue weighted by Gasteiger charge is -2.28. The van der Waals surface area contributed by atoms with Crippen molar-refractivity contribution in [1.29, 1.82) is 0 Å². The minimum atomic E-state index is 0.701. The average Bonchev–Trinajstić information content (AvgIpc) is 2.85. The van der Waals surface area contributed by atoms with Crippen LogP contribution in [0.15, 0.2) is 30.5 Å². The molecule has 2 aromatic rings. The predicted octanol–water partition coefficient (Wildman–Crippen LogP) is 4.11. The van der Waals surface area contributed by atoms with E-state index in [4.69, 9.17) is 0 Å². The van der Waals surface area contributed by atoms with Gasteiger partial charge in [0.1, 0.15) is 0 Å². The zero-order valence-electron chi connectivity index (χ0n) is 12.0. The van der Waals surface area contributed by atoms with Crippen LogP contribution >= 0.6 is 0 Å². The molecule has 0 aliphatic heterocycles. The van der Waals surface area contributed by atoms with Crippen molar-refractivity contribution in [2.45, 2.75) is 45.2 Å². The Morgan fingerprint density at radius 1 is 1.16 bits per heavy atom. The summed E-state index contributed by atoms with van der Waals surface area (Å²) in [5.41, 5.74) is 2.86. The summed E-state index contributed by atoms with van der Waals surface area (Å²) in [4.78, 5) is 0. The molecular formula is C17H24N2. The number of nitrogens with one attached hydrogen (secondary N) is 1. The number of nitrogens with zero attached hydrogens (tertiary/aromatic N) is 1. The van der Waals surface area contributed by atoms with Crippen LogP contribution in [0.25, 0.3) is 10.9 Å². The molecule has 102 valence electrons. The van der Waals surface area contributed by atoms with E-state index < -0.39 is 0 Å². The minimum Gasteiger partial charge on any atom is -0.344 e. The number of para-hydroxylation sites is 1. The highest BCUT2D eigenvalue weighted by Crippen LogP contribution is 2.35. The van der Waals surface area contributed by atoms with Crippen LogP contribution in [0.3, 0.4) is 0 Å². The quantitative estimate of drug-likeness (QED) is 0.874. The van der Waals surface area contributed by atoms with Crippen LogP contribution in [-0.4, -0.2) is 11.6 Å². The SMILES string of the molecule is CNCc1cccc2ccn(C3CCC(C)CC3)c12. The maximum absolute atomic E-state index is 3.29. The number of rotatable bonds is 3. The summed E-state index contributed by atoms with van der Waals surface area (Å²) >= 11 is 0. The minimum absolute atomic E-state index is 0.701. The second kappa shape index (κ2) is 5.38. The van der Waals surface area contributed by atoms with Gasteiger partial charge in [0.2, 0.25) is 0 Å². The van der Waals surface area contributed by atoms with Crippen molar-refractivity contribution in [2.24, 2.45) is 5.92 Å². The molecule has 3 rings (SSSR count). The van der Waals surface area contributed by atoms with Crippen LogP contribution in [0, 0.1) is 5.92 Å². The van der Waals surface area contributed by atoms with Gasteiger partial charge in [-0.05, 0) is 55.7 Å². The van der Waals surface area contributed by atoms with Crippen LogP contribution in [-0.2, 0) is 6.54 Å². The molecule has 1 fully saturated rings. The van der Waals surface area contributed by atoms with E-state index in [1.54, 1.807) is 0 Å². The zero-order chi connectivity index (χ0) is 13.2. The third-order valence-corrected chi connectivity index (χ3v) is 4.57. The molecule has 2 nitrogen and oxygen atoms in total. The molecule has 1 aliphatic carbocycles. The van der Waals surface area contributed by atoms with E-state index in [-0.39, 0.29) is 0 Å². The normalized spacial score (nSPS) is 23.9. The molecule has 1 aliphatic rings. The molecule has 1 aromatic heterocycles. The largest absolute Gasteiger partial charge is 0.344 e. The van der Waals surface area contributed by atoms with Crippen molar-refractivity contribution in [3.05, 3.63) is 36.0 Å². The monoisotopic (exact) mass is 256 g/mol. The van der Waals surface area contributed by atoms with Gasteiger partial charge in [-0.3, -0.25) is 0 Å². The molecule has 19 heavy (non-hydrogen) atoms. The third-order valence-electron chi connectivity index (χ3n) is 4.57. The fourth-order valence-corrected chi connectivity index (χ4v) is 3.45. The molecule has 0 spiro atoms. The highest BCUT2D eigenvalue weighted by Gasteiger charge is 2.21. The lowest BCUT2D eigenvalue weighted by atomic mass is 9.87. The van der Waals surface area contributed by atoms with Crippen LogP contribution in [0.1, 0.15) is 44.2 Å². The number of hydrogen-bond donors (Lipinski definition) is 1. The van der Waals surface area contributed by atoms with E-state index in [1.165, 1.54) is 42.1 Å². The summed E-state index contributed by atoms with van der Waals surface area (Å²) < 4.78 is 2.54. The van der Waals surface area contributed by atoms with Gasteiger partial charge in [-0.15, -0.1) is 0 Å². The maximum Gasteiger partial charge on any atom is 0.0528 e. The predicted molar refractivity (Wildman–Crippen MR) is 81.4 cm³/mol. The van der Waals surface area contributed by atoms with Crippen molar-refractivity contribution in [1.82, 2.24) is 9.88 Å². The van der Waals surface area contributed by atoms with E-state index in [0.29, 0.717) is 6.04 Å². The fraction of sp³-hybridized carbons (Fsp3) is 0.529. The number of hydrogen-bond acceptors (Lipinski definition) is 1. The Hall–Kier alpha value is -1.28. The summed E-state index contributed by atoms with van der Waals surface area (Å²) in [5.74, 6) is 0.912. The molecular weight excluding hydrogens is 232 g/mol. The van der Waals surface area contributed by atoms with Gasteiger partial charge < -0.3 is 9.88 Å². The first-order chi connectivity index (χ1) is 9.29. The Morgan fingerprint density at radius 2 is 1.95 bits per heavy atom. The van der Waals surface area contributed by atoms with Crippen LogP contribution < -0.4 is 5.32 Å². The van der Waals surface area contributed by atoms with E-state index in [2.05, 4.69) is 47.3 Å². The first-order valence-corrected chi connectivity index (χ1v) is 7.52. The standard InChI is InChI=1S/C17H24N2/c1-13-6-8-16(9-7-13)19-11-10-14-4-3-5-15(12-18-2)17(14)19/h3-5,10-11,13,16,18H,6-9,12H2,1-2H3. The number of fused-ring (bicyclic) bond motifs is 1. The van der Waals surface area contributed by atoms with Crippen molar-refractivity contribution >= 4 is 10.9 Å². The fourth-order valence-electron chi connectivity index (χ4n) is 3.45. The van der Waals surface area contributed by atoms with Gasteiger partial charge in [-0.25, -0.2) is 0 Å². The van der Waals surface area contributed by atoms with E-state index >= 15 is 0 Å². The van der Waals surface area contributed by atoms with E-state index in [0.717, 1.165) is 12.5 Å². The molecule has 0 radical (unpaired) electrons. The smallest absolute Gasteiger partial charge is 0.0528 e. The first kappa shape index (κ1) is 12.7. The van der Waals surface area contributed by atoms with E-state index in [1.807, 2.05) is 7.05 Å². The third kappa shape index (κ3) is 2.42. The van der Waals surface area contributed by atoms with Gasteiger partial charge in [0.25, 0.3) is 0 Å². The van der Waals surface area contributed by atoms with Crippen LogP contribution in [0.2, 0.25) is 0 Å². The summed E-state index contributed by atoms with van der Waals surface area (Å²) in [6.07, 6.45) is 7.71. The Kier molecular flexibility index (Phi) is 3.61. The molecule has 1 N–H and O–H groups in total. The van der Waals surface area contributed by atoms with Crippen molar-refractivity contribution in [2.75, 3.05) is 7.05 Å². The van der Waals surface area contributed by atoms with Gasteiger partial charge in [0.05, 0.1) is 5.52 Å². The molecule has 1 aromatic carbocycles. The zero-order valence-corrected chi connectivity index (χ0v) is 12.0. The summed E-state index contributed by atoms with van der Waals surface area (Å²) in [6, 6.07) is 9.62. The average molecular weight is 256 g/mol. The van der Waals surface area contributed by atoms with Gasteiger partial charge in [0.15, 0.2) is 0 Å². The number of aromatic nitrogens is 1. The molecule has 0 unspecified atom stereocenters.